The van der Waals surface area contributed by atoms with Gasteiger partial charge in [-0.1, -0.05) is 34.8 Å². The van der Waals surface area contributed by atoms with E-state index in [1.54, 1.807) is 0 Å². The van der Waals surface area contributed by atoms with Crippen molar-refractivity contribution in [3.63, 3.8) is 0 Å². The first-order valence-corrected chi connectivity index (χ1v) is 4.43. The summed E-state index contributed by atoms with van der Waals surface area (Å²) in [5.41, 5.74) is 0.0681. The van der Waals surface area contributed by atoms with Crippen LogP contribution in [0.2, 0.25) is 15.1 Å². The lowest BCUT2D eigenvalue weighted by Crippen LogP contribution is -2.19. The molecule has 0 spiro atoms. The molecule has 0 bridgehead atoms. The molecule has 0 saturated carbocycles. The third-order valence-corrected chi connectivity index (χ3v) is 2.60. The molecule has 0 saturated heterocycles. The fourth-order valence-corrected chi connectivity index (χ4v) is 1.29. The topological polar surface area (TPSA) is 42.0 Å². The van der Waals surface area contributed by atoms with Gasteiger partial charge in [-0.25, -0.2) is 4.98 Å². The first-order valence-electron chi connectivity index (χ1n) is 3.29. The average Bonchev–Trinajstić information content (AvgIpc) is 2.13. The van der Waals surface area contributed by atoms with Crippen LogP contribution in [0.1, 0.15) is 10.5 Å². The van der Waals surface area contributed by atoms with Crippen molar-refractivity contribution in [2.75, 3.05) is 7.05 Å². The lowest BCUT2D eigenvalue weighted by molar-refractivity contribution is 0.0958. The molecule has 0 unspecified atom stereocenters. The summed E-state index contributed by atoms with van der Waals surface area (Å²) in [6, 6.07) is 0. The van der Waals surface area contributed by atoms with E-state index in [-0.39, 0.29) is 20.8 Å². The summed E-state index contributed by atoms with van der Waals surface area (Å²) in [4.78, 5) is 14.9. The molecule has 1 amide bonds. The monoisotopic (exact) mass is 238 g/mol. The Morgan fingerprint density at radius 2 is 2.00 bits per heavy atom. The predicted molar refractivity (Wildman–Crippen MR) is 52.7 cm³/mol. The highest BCUT2D eigenvalue weighted by molar-refractivity contribution is 6.48. The highest BCUT2D eigenvalue weighted by Gasteiger charge is 2.15. The summed E-state index contributed by atoms with van der Waals surface area (Å²) in [5, 5.41) is 2.80. The molecule has 0 atom stereocenters. The third kappa shape index (κ3) is 2.05. The number of amides is 1. The van der Waals surface area contributed by atoms with Crippen LogP contribution in [0.3, 0.4) is 0 Å². The van der Waals surface area contributed by atoms with Crippen LogP contribution in [-0.4, -0.2) is 17.9 Å². The maximum Gasteiger partial charge on any atom is 0.271 e. The van der Waals surface area contributed by atoms with Crippen LogP contribution in [0.25, 0.3) is 0 Å². The summed E-state index contributed by atoms with van der Waals surface area (Å²) >= 11 is 17.1. The summed E-state index contributed by atoms with van der Waals surface area (Å²) in [6.07, 6.45) is 1.28. The number of halogens is 3. The minimum atomic E-state index is -0.399. The molecule has 1 heterocycles. The van der Waals surface area contributed by atoms with Gasteiger partial charge in [-0.15, -0.1) is 0 Å². The fourth-order valence-electron chi connectivity index (χ4n) is 0.720. The quantitative estimate of drug-likeness (QED) is 0.818. The van der Waals surface area contributed by atoms with Crippen LogP contribution in [0.4, 0.5) is 0 Å². The molecular formula is C7H5Cl3N2O. The van der Waals surface area contributed by atoms with Crippen LogP contribution in [-0.2, 0) is 0 Å². The normalized spacial score (nSPS) is 9.85. The van der Waals surface area contributed by atoms with Crippen molar-refractivity contribution in [1.82, 2.24) is 10.3 Å². The molecule has 3 nitrogen and oxygen atoms in total. The standard InChI is InChI=1S/C7H5Cl3N2O/c1-11-7(13)6-5(10)4(9)3(8)2-12-6/h2H,1H3,(H,11,13). The van der Waals surface area contributed by atoms with Crippen LogP contribution < -0.4 is 5.32 Å². The lowest BCUT2D eigenvalue weighted by Gasteiger charge is -2.03. The van der Waals surface area contributed by atoms with E-state index in [0.29, 0.717) is 0 Å². The van der Waals surface area contributed by atoms with E-state index in [9.17, 15) is 4.79 Å². The van der Waals surface area contributed by atoms with Gasteiger partial charge in [0.2, 0.25) is 0 Å². The second kappa shape index (κ2) is 4.13. The van der Waals surface area contributed by atoms with Gasteiger partial charge in [0.25, 0.3) is 5.91 Å². The molecule has 0 aliphatic heterocycles. The number of nitrogens with zero attached hydrogens (tertiary/aromatic N) is 1. The maximum absolute atomic E-state index is 11.1. The van der Waals surface area contributed by atoms with Gasteiger partial charge in [-0.2, -0.15) is 0 Å². The predicted octanol–water partition coefficient (Wildman–Crippen LogP) is 2.40. The smallest absolute Gasteiger partial charge is 0.271 e. The average molecular weight is 239 g/mol. The number of nitrogens with one attached hydrogen (secondary N) is 1. The van der Waals surface area contributed by atoms with E-state index in [2.05, 4.69) is 10.3 Å². The Hall–Kier alpha value is -0.510. The number of carbonyl (C=O) groups excluding carboxylic acids is 1. The summed E-state index contributed by atoms with van der Waals surface area (Å²) in [7, 11) is 1.48. The van der Waals surface area contributed by atoms with Gasteiger partial charge >= 0.3 is 0 Å². The molecular weight excluding hydrogens is 234 g/mol. The Bertz CT molecular complexity index is 354. The molecule has 0 aromatic carbocycles. The molecule has 1 N–H and O–H groups in total. The van der Waals surface area contributed by atoms with Gasteiger partial charge in [0.1, 0.15) is 5.69 Å². The van der Waals surface area contributed by atoms with Crippen molar-refractivity contribution >= 4 is 40.7 Å². The minimum absolute atomic E-state index is 0.0634. The Balaban J connectivity index is 3.26. The van der Waals surface area contributed by atoms with E-state index >= 15 is 0 Å². The largest absolute Gasteiger partial charge is 0.354 e. The van der Waals surface area contributed by atoms with E-state index in [1.807, 2.05) is 0 Å². The number of hydrogen-bond donors (Lipinski definition) is 1. The van der Waals surface area contributed by atoms with Crippen molar-refractivity contribution < 1.29 is 4.79 Å². The van der Waals surface area contributed by atoms with E-state index in [4.69, 9.17) is 34.8 Å². The molecule has 0 fully saturated rings. The van der Waals surface area contributed by atoms with Gasteiger partial charge in [0.05, 0.1) is 15.1 Å². The number of aromatic nitrogens is 1. The summed E-state index contributed by atoms with van der Waals surface area (Å²) in [5.74, 6) is -0.399. The number of pyridine rings is 1. The van der Waals surface area contributed by atoms with E-state index in [1.165, 1.54) is 13.2 Å². The Labute approximate surface area is 90.0 Å². The molecule has 0 aliphatic rings. The fraction of sp³-hybridized carbons (Fsp3) is 0.143. The zero-order valence-electron chi connectivity index (χ0n) is 6.57. The first-order chi connectivity index (χ1) is 6.07. The molecule has 1 aromatic heterocycles. The molecule has 0 radical (unpaired) electrons. The van der Waals surface area contributed by atoms with Crippen LogP contribution in [0.15, 0.2) is 6.20 Å². The van der Waals surface area contributed by atoms with Crippen LogP contribution in [0, 0.1) is 0 Å². The summed E-state index contributed by atoms with van der Waals surface area (Å²) < 4.78 is 0. The van der Waals surface area contributed by atoms with Crippen LogP contribution >= 0.6 is 34.8 Å². The highest BCUT2D eigenvalue weighted by atomic mass is 35.5. The van der Waals surface area contributed by atoms with Gasteiger partial charge < -0.3 is 5.32 Å². The third-order valence-electron chi connectivity index (χ3n) is 1.36. The van der Waals surface area contributed by atoms with Crippen molar-refractivity contribution in [2.24, 2.45) is 0 Å². The van der Waals surface area contributed by atoms with Gasteiger partial charge in [0, 0.05) is 13.2 Å². The minimum Gasteiger partial charge on any atom is -0.354 e. The van der Waals surface area contributed by atoms with Crippen molar-refractivity contribution in [3.8, 4) is 0 Å². The van der Waals surface area contributed by atoms with E-state index in [0.717, 1.165) is 0 Å². The van der Waals surface area contributed by atoms with Crippen molar-refractivity contribution in [2.45, 2.75) is 0 Å². The lowest BCUT2D eigenvalue weighted by atomic mass is 10.3. The Kier molecular flexibility index (Phi) is 3.36. The van der Waals surface area contributed by atoms with Crippen molar-refractivity contribution in [3.05, 3.63) is 27.0 Å². The Morgan fingerprint density at radius 3 is 2.54 bits per heavy atom. The second-order valence-electron chi connectivity index (χ2n) is 2.16. The zero-order chi connectivity index (χ0) is 10.0. The second-order valence-corrected chi connectivity index (χ2v) is 3.32. The molecule has 70 valence electrons. The number of rotatable bonds is 1. The Morgan fingerprint density at radius 1 is 1.38 bits per heavy atom. The molecule has 1 rings (SSSR count). The molecule has 1 aromatic rings. The molecule has 13 heavy (non-hydrogen) atoms. The van der Waals surface area contributed by atoms with Crippen LogP contribution in [0.5, 0.6) is 0 Å². The SMILES string of the molecule is CNC(=O)c1ncc(Cl)c(Cl)c1Cl. The van der Waals surface area contributed by atoms with Gasteiger partial charge in [0.15, 0.2) is 0 Å². The van der Waals surface area contributed by atoms with Crippen molar-refractivity contribution in [1.29, 1.82) is 0 Å². The number of hydrogen-bond acceptors (Lipinski definition) is 2. The zero-order valence-corrected chi connectivity index (χ0v) is 8.83. The molecule has 0 aliphatic carbocycles. The maximum atomic E-state index is 11.1. The summed E-state index contributed by atoms with van der Waals surface area (Å²) in [6.45, 7) is 0. The van der Waals surface area contributed by atoms with Gasteiger partial charge in [-0.3, -0.25) is 4.79 Å². The first kappa shape index (κ1) is 10.6. The van der Waals surface area contributed by atoms with Gasteiger partial charge in [-0.05, 0) is 0 Å². The molecule has 6 heteroatoms. The number of carbonyl (C=O) groups is 1. The van der Waals surface area contributed by atoms with E-state index < -0.39 is 5.91 Å². The highest BCUT2D eigenvalue weighted by Crippen LogP contribution is 2.30.